The summed E-state index contributed by atoms with van der Waals surface area (Å²) in [5, 5.41) is 3.02. The minimum absolute atomic E-state index is 0.0445. The Bertz CT molecular complexity index is 964. The van der Waals surface area contributed by atoms with E-state index in [9.17, 15) is 14.0 Å². The normalized spacial score (nSPS) is 16.5. The smallest absolute Gasteiger partial charge is 0.254 e. The number of nitrogens with zero attached hydrogens (tertiary/aromatic N) is 4. The Morgan fingerprint density at radius 2 is 2.00 bits per heavy atom. The minimum Gasteiger partial charge on any atom is -0.373 e. The van der Waals surface area contributed by atoms with Crippen LogP contribution in [-0.2, 0) is 20.9 Å². The van der Waals surface area contributed by atoms with Crippen molar-refractivity contribution in [3.63, 3.8) is 0 Å². The Hall–Kier alpha value is -3.07. The molecule has 8 nitrogen and oxygen atoms in total. The molecule has 2 aromatic rings. The predicted octanol–water partition coefficient (Wildman–Crippen LogP) is 2.56. The van der Waals surface area contributed by atoms with Crippen LogP contribution in [0.25, 0.3) is 0 Å². The Morgan fingerprint density at radius 1 is 1.32 bits per heavy atom. The van der Waals surface area contributed by atoms with Crippen LogP contribution < -0.4 is 10.2 Å². The zero-order valence-electron chi connectivity index (χ0n) is 18.5. The van der Waals surface area contributed by atoms with Gasteiger partial charge in [-0.15, -0.1) is 0 Å². The number of hydrogen-bond acceptors (Lipinski definition) is 6. The van der Waals surface area contributed by atoms with Gasteiger partial charge in [0, 0.05) is 51.8 Å². The van der Waals surface area contributed by atoms with Crippen LogP contribution in [-0.4, -0.2) is 60.0 Å². The molecule has 0 saturated carbocycles. The Kier molecular flexibility index (Phi) is 6.54. The molecule has 2 amide bonds. The molecule has 1 aliphatic heterocycles. The van der Waals surface area contributed by atoms with Gasteiger partial charge in [0.15, 0.2) is 0 Å². The first-order valence-corrected chi connectivity index (χ1v) is 10.1. The number of carbonyl (C=O) groups excluding carboxylic acids is 2. The fraction of sp³-hybridized carbons (Fsp3) is 0.455. The largest absolute Gasteiger partial charge is 0.373 e. The second-order valence-corrected chi connectivity index (χ2v) is 8.10. The van der Waals surface area contributed by atoms with Crippen molar-refractivity contribution >= 4 is 23.3 Å². The number of aromatic nitrogens is 2. The van der Waals surface area contributed by atoms with Crippen molar-refractivity contribution in [1.82, 2.24) is 14.9 Å². The van der Waals surface area contributed by atoms with Gasteiger partial charge in [0.2, 0.25) is 5.91 Å². The fourth-order valence-corrected chi connectivity index (χ4v) is 3.53. The van der Waals surface area contributed by atoms with Gasteiger partial charge >= 0.3 is 0 Å². The molecule has 166 valence electrons. The van der Waals surface area contributed by atoms with Crippen LogP contribution in [0, 0.1) is 5.82 Å². The molecule has 1 aromatic carbocycles. The van der Waals surface area contributed by atoms with Crippen LogP contribution in [0.1, 0.15) is 37.7 Å². The molecule has 0 aliphatic carbocycles. The van der Waals surface area contributed by atoms with Crippen LogP contribution in [0.15, 0.2) is 30.3 Å². The van der Waals surface area contributed by atoms with Gasteiger partial charge in [-0.2, -0.15) is 0 Å². The third kappa shape index (κ3) is 4.99. The van der Waals surface area contributed by atoms with Crippen LogP contribution in [0.3, 0.4) is 0 Å². The van der Waals surface area contributed by atoms with Gasteiger partial charge in [0.05, 0.1) is 12.2 Å². The molecule has 0 bridgehead atoms. The first-order chi connectivity index (χ1) is 14.6. The van der Waals surface area contributed by atoms with E-state index >= 15 is 0 Å². The second kappa shape index (κ2) is 8.97. The van der Waals surface area contributed by atoms with Crippen molar-refractivity contribution < 1.29 is 18.7 Å². The summed E-state index contributed by atoms with van der Waals surface area (Å²) < 4.78 is 18.5. The molecule has 0 spiro atoms. The van der Waals surface area contributed by atoms with Crippen molar-refractivity contribution in [2.75, 3.05) is 38.0 Å². The molecule has 3 rings (SSSR count). The average molecular weight is 429 g/mol. The van der Waals surface area contributed by atoms with Crippen molar-refractivity contribution in [3.05, 3.63) is 47.7 Å². The maximum absolute atomic E-state index is 13.2. The molecule has 1 aromatic heterocycles. The number of benzene rings is 1. The van der Waals surface area contributed by atoms with Crippen molar-refractivity contribution in [1.29, 1.82) is 0 Å². The molecule has 0 radical (unpaired) electrons. The maximum Gasteiger partial charge on any atom is 0.254 e. The quantitative estimate of drug-likeness (QED) is 0.728. The molecule has 1 saturated heterocycles. The number of anilines is 2. The van der Waals surface area contributed by atoms with E-state index in [1.54, 1.807) is 45.0 Å². The van der Waals surface area contributed by atoms with Crippen LogP contribution in [0.5, 0.6) is 0 Å². The van der Waals surface area contributed by atoms with E-state index < -0.39 is 5.60 Å². The fourth-order valence-electron chi connectivity index (χ4n) is 3.53. The van der Waals surface area contributed by atoms with Gasteiger partial charge < -0.3 is 19.9 Å². The minimum atomic E-state index is -0.953. The van der Waals surface area contributed by atoms with E-state index in [4.69, 9.17) is 4.74 Å². The summed E-state index contributed by atoms with van der Waals surface area (Å²) >= 11 is 0. The number of halogens is 1. The van der Waals surface area contributed by atoms with E-state index in [0.29, 0.717) is 30.3 Å². The summed E-state index contributed by atoms with van der Waals surface area (Å²) in [6.07, 6.45) is 0.294. The van der Waals surface area contributed by atoms with Crippen molar-refractivity contribution in [2.24, 2.45) is 0 Å². The summed E-state index contributed by atoms with van der Waals surface area (Å²) in [4.78, 5) is 37.5. The Labute approximate surface area is 181 Å². The Balaban J connectivity index is 1.81. The van der Waals surface area contributed by atoms with E-state index in [2.05, 4.69) is 15.3 Å². The highest BCUT2D eigenvalue weighted by molar-refractivity contribution is 5.96. The van der Waals surface area contributed by atoms with Crippen molar-refractivity contribution in [3.8, 4) is 0 Å². The van der Waals surface area contributed by atoms with Crippen LogP contribution in [0.2, 0.25) is 0 Å². The van der Waals surface area contributed by atoms with Gasteiger partial charge in [-0.1, -0.05) is 0 Å². The van der Waals surface area contributed by atoms with Gasteiger partial charge in [-0.05, 0) is 38.1 Å². The number of methoxy groups -OCH3 is 1. The van der Waals surface area contributed by atoms with E-state index in [-0.39, 0.29) is 30.1 Å². The molecular weight excluding hydrogens is 401 g/mol. The molecule has 1 N–H and O–H groups in total. The predicted molar refractivity (Wildman–Crippen MR) is 115 cm³/mol. The third-order valence-electron chi connectivity index (χ3n) is 5.48. The lowest BCUT2D eigenvalue weighted by Crippen LogP contribution is -2.44. The summed E-state index contributed by atoms with van der Waals surface area (Å²) in [5.74, 6) is 0.367. The van der Waals surface area contributed by atoms with Crippen molar-refractivity contribution in [2.45, 2.75) is 38.3 Å². The van der Waals surface area contributed by atoms with Gasteiger partial charge in [0.25, 0.3) is 5.91 Å². The molecule has 2 heterocycles. The standard InChI is InChI=1S/C22H28FN5O3/c1-22(2,31-5)21(30)27(4)13-19-25-17(11-18(24-3)26-19)14-10-20(29)28(12-14)16-8-6-15(23)7-9-16/h6-9,11,14H,10,12-13H2,1-5H3,(H,24,25,26)/t14-/m0/s1. The SMILES string of the molecule is CNc1cc([C@H]2CC(=O)N(c3ccc(F)cc3)C2)nc(CN(C)C(=O)C(C)(C)OC)n1. The lowest BCUT2D eigenvalue weighted by Gasteiger charge is -2.27. The van der Waals surface area contributed by atoms with Crippen LogP contribution in [0.4, 0.5) is 15.9 Å². The number of ether oxygens (including phenoxy) is 1. The monoisotopic (exact) mass is 429 g/mol. The summed E-state index contributed by atoms with van der Waals surface area (Å²) in [7, 11) is 4.92. The third-order valence-corrected chi connectivity index (χ3v) is 5.48. The number of amides is 2. The van der Waals surface area contributed by atoms with Crippen LogP contribution >= 0.6 is 0 Å². The Morgan fingerprint density at radius 3 is 2.61 bits per heavy atom. The molecule has 1 fully saturated rings. The average Bonchev–Trinajstić information content (AvgIpc) is 3.15. The van der Waals surface area contributed by atoms with Gasteiger partial charge in [0.1, 0.15) is 23.1 Å². The molecular formula is C22H28FN5O3. The molecule has 0 unspecified atom stereocenters. The summed E-state index contributed by atoms with van der Waals surface area (Å²) in [5.41, 5.74) is 0.425. The van der Waals surface area contributed by atoms with Gasteiger partial charge in [-0.25, -0.2) is 14.4 Å². The maximum atomic E-state index is 13.2. The number of rotatable bonds is 7. The first-order valence-electron chi connectivity index (χ1n) is 10.1. The highest BCUT2D eigenvalue weighted by Crippen LogP contribution is 2.32. The topological polar surface area (TPSA) is 87.7 Å². The summed E-state index contributed by atoms with van der Waals surface area (Å²) in [6, 6.07) is 7.69. The lowest BCUT2D eigenvalue weighted by molar-refractivity contribution is -0.150. The van der Waals surface area contributed by atoms with Gasteiger partial charge in [-0.3, -0.25) is 9.59 Å². The molecule has 1 aliphatic rings. The lowest BCUT2D eigenvalue weighted by atomic mass is 10.0. The summed E-state index contributed by atoms with van der Waals surface area (Å²) in [6.45, 7) is 4.05. The zero-order valence-corrected chi connectivity index (χ0v) is 18.5. The molecule has 1 atom stereocenters. The number of nitrogens with one attached hydrogen (secondary N) is 1. The highest BCUT2D eigenvalue weighted by Gasteiger charge is 2.34. The zero-order chi connectivity index (χ0) is 22.8. The van der Waals surface area contributed by atoms with E-state index in [0.717, 1.165) is 5.69 Å². The molecule has 31 heavy (non-hydrogen) atoms. The number of carbonyl (C=O) groups is 2. The van der Waals surface area contributed by atoms with E-state index in [1.807, 2.05) is 6.07 Å². The first kappa shape index (κ1) is 22.6. The molecule has 9 heteroatoms. The number of hydrogen-bond donors (Lipinski definition) is 1. The number of likely N-dealkylation sites (N-methyl/N-ethyl adjacent to an activating group) is 1. The van der Waals surface area contributed by atoms with E-state index in [1.165, 1.54) is 24.1 Å². The second-order valence-electron chi connectivity index (χ2n) is 8.10. The highest BCUT2D eigenvalue weighted by atomic mass is 19.1.